The fourth-order valence-electron chi connectivity index (χ4n) is 6.50. The number of aliphatic hydroxyl groups excluding tert-OH is 1. The van der Waals surface area contributed by atoms with Crippen LogP contribution in [0, 0.1) is 10.8 Å². The molecular formula is C26H33N5O7. The number of aliphatic carboxylic acids is 3. The Kier molecular flexibility index (Phi) is 7.79. The molecule has 2 fully saturated rings. The molecule has 4 heterocycles. The number of carboxylic acids is 3. The molecule has 6 N–H and O–H groups in total. The predicted octanol–water partition coefficient (Wildman–Crippen LogP) is 0.605. The molecule has 38 heavy (non-hydrogen) atoms. The maximum Gasteiger partial charge on any atom is 0.320 e. The molecule has 0 aromatic carbocycles. The summed E-state index contributed by atoms with van der Waals surface area (Å²) in [6.45, 7) is -0.422. The smallest absolute Gasteiger partial charge is 0.320 e. The summed E-state index contributed by atoms with van der Waals surface area (Å²) in [7, 11) is 1.60. The number of pyridine rings is 2. The van der Waals surface area contributed by atoms with Gasteiger partial charge in [0.15, 0.2) is 0 Å². The highest BCUT2D eigenvalue weighted by Crippen LogP contribution is 2.62. The molecule has 2 aromatic heterocycles. The van der Waals surface area contributed by atoms with Gasteiger partial charge in [0.2, 0.25) is 0 Å². The molecule has 0 spiro atoms. The van der Waals surface area contributed by atoms with Crippen molar-refractivity contribution >= 4 is 17.9 Å². The van der Waals surface area contributed by atoms with Crippen molar-refractivity contribution in [1.29, 1.82) is 0 Å². The lowest BCUT2D eigenvalue weighted by atomic mass is 9.53. The monoisotopic (exact) mass is 527 g/mol. The summed E-state index contributed by atoms with van der Waals surface area (Å²) < 4.78 is 0. The number of carboxylic acid groups (broad SMARTS) is 3. The summed E-state index contributed by atoms with van der Waals surface area (Å²) in [5.74, 6) is -4.07. The van der Waals surface area contributed by atoms with Gasteiger partial charge in [-0.05, 0) is 50.7 Å². The molecule has 0 saturated carbocycles. The van der Waals surface area contributed by atoms with Gasteiger partial charge in [0.1, 0.15) is 16.9 Å². The number of nitrogens with two attached hydrogens (primary N) is 1. The highest BCUT2D eigenvalue weighted by molar-refractivity contribution is 5.85. The van der Waals surface area contributed by atoms with Gasteiger partial charge in [-0.3, -0.25) is 34.2 Å². The summed E-state index contributed by atoms with van der Waals surface area (Å²) in [5.41, 5.74) is 1.98. The van der Waals surface area contributed by atoms with Crippen molar-refractivity contribution in [3.05, 3.63) is 60.2 Å². The Morgan fingerprint density at radius 1 is 0.947 bits per heavy atom. The fourth-order valence-corrected chi connectivity index (χ4v) is 6.50. The van der Waals surface area contributed by atoms with Gasteiger partial charge in [-0.25, -0.2) is 0 Å². The second-order valence-electron chi connectivity index (χ2n) is 10.1. The first-order valence-electron chi connectivity index (χ1n) is 12.5. The van der Waals surface area contributed by atoms with Crippen LogP contribution in [0.15, 0.2) is 48.8 Å². The van der Waals surface area contributed by atoms with Gasteiger partial charge in [-0.15, -0.1) is 0 Å². The number of fused-ring (bicyclic) bond motifs is 2. The fraction of sp³-hybridized carbons (Fsp3) is 0.500. The third-order valence-electron chi connectivity index (χ3n) is 8.09. The lowest BCUT2D eigenvalue weighted by Crippen LogP contribution is -2.78. The molecule has 6 atom stereocenters. The Morgan fingerprint density at radius 2 is 1.45 bits per heavy atom. The number of rotatable bonds is 10. The molecule has 204 valence electrons. The molecule has 0 aliphatic carbocycles. The Morgan fingerprint density at radius 3 is 1.82 bits per heavy atom. The van der Waals surface area contributed by atoms with Crippen LogP contribution < -0.4 is 5.73 Å². The lowest BCUT2D eigenvalue weighted by molar-refractivity contribution is -0.250. The third kappa shape index (κ3) is 4.23. The standard InChI is InChI=1S/C26H33N5O7/c1-30-19(16-8-3-6-12-28-16)25(23(35)36)14-31(18(21(32)33)10-2-5-11-27)15-26(22(25)34,24(37)38)20(30)17-9-4-7-13-29-17/h3-4,6-9,12-13,18-20,22,34H,2,5,10-11,14-15,27H2,1H3,(H,32,33)(H,35,36)(H,37,38)/t18-,19-,20+,22?,25?,26?/m0/s1. The average Bonchev–Trinajstić information content (AvgIpc) is 2.88. The van der Waals surface area contributed by atoms with E-state index < -0.39 is 66.1 Å². The van der Waals surface area contributed by atoms with E-state index >= 15 is 0 Å². The van der Waals surface area contributed by atoms with Crippen LogP contribution in [0.2, 0.25) is 0 Å². The van der Waals surface area contributed by atoms with E-state index in [1.807, 2.05) is 0 Å². The minimum absolute atomic E-state index is 0.145. The van der Waals surface area contributed by atoms with E-state index in [0.29, 0.717) is 30.8 Å². The summed E-state index contributed by atoms with van der Waals surface area (Å²) in [5, 5.41) is 43.6. The number of hydrogen-bond acceptors (Lipinski definition) is 9. The van der Waals surface area contributed by atoms with Gasteiger partial charge in [0.05, 0.1) is 29.6 Å². The minimum Gasteiger partial charge on any atom is -0.481 e. The quantitative estimate of drug-likeness (QED) is 0.271. The van der Waals surface area contributed by atoms with Crippen LogP contribution in [0.4, 0.5) is 0 Å². The van der Waals surface area contributed by atoms with Crippen molar-refractivity contribution in [2.75, 3.05) is 26.7 Å². The molecule has 12 heteroatoms. The number of nitrogens with zero attached hydrogens (tertiary/aromatic N) is 4. The highest BCUT2D eigenvalue weighted by Gasteiger charge is 2.75. The van der Waals surface area contributed by atoms with Crippen molar-refractivity contribution in [1.82, 2.24) is 19.8 Å². The zero-order valence-corrected chi connectivity index (χ0v) is 21.1. The predicted molar refractivity (Wildman–Crippen MR) is 134 cm³/mol. The number of piperidine rings is 2. The summed E-state index contributed by atoms with van der Waals surface area (Å²) >= 11 is 0. The number of unbranched alkanes of at least 4 members (excludes halogenated alkanes) is 1. The molecule has 0 radical (unpaired) electrons. The van der Waals surface area contributed by atoms with E-state index in [0.717, 1.165) is 0 Å². The number of carbonyl (C=O) groups is 3. The second-order valence-corrected chi connectivity index (χ2v) is 10.1. The molecule has 0 amide bonds. The highest BCUT2D eigenvalue weighted by atomic mass is 16.4. The molecule has 2 aliphatic rings. The molecule has 2 aliphatic heterocycles. The second kappa shape index (κ2) is 10.7. The first kappa shape index (κ1) is 27.6. The van der Waals surface area contributed by atoms with Gasteiger partial charge in [0.25, 0.3) is 0 Å². The molecule has 12 nitrogen and oxygen atoms in total. The van der Waals surface area contributed by atoms with Crippen LogP contribution in [0.3, 0.4) is 0 Å². The number of likely N-dealkylation sites (tertiary alicyclic amines) is 2. The molecule has 4 rings (SSSR count). The van der Waals surface area contributed by atoms with Crippen LogP contribution in [0.25, 0.3) is 0 Å². The SMILES string of the molecule is CN1[C@@H](c2ccccn2)C2(C(=O)O)CN([C@@H](CCCCN)C(=O)O)CC(C(=O)O)(C2O)[C@H]1c1ccccn1. The Balaban J connectivity index is 2.00. The molecule has 3 unspecified atom stereocenters. The van der Waals surface area contributed by atoms with E-state index in [1.165, 1.54) is 17.3 Å². The first-order valence-corrected chi connectivity index (χ1v) is 12.5. The molecule has 2 saturated heterocycles. The van der Waals surface area contributed by atoms with Gasteiger partial charge >= 0.3 is 17.9 Å². The number of aliphatic hydroxyl groups is 1. The number of hydrogen-bond donors (Lipinski definition) is 5. The van der Waals surface area contributed by atoms with E-state index in [-0.39, 0.29) is 6.42 Å². The van der Waals surface area contributed by atoms with Gasteiger partial charge in [-0.1, -0.05) is 18.6 Å². The maximum absolute atomic E-state index is 13.2. The maximum atomic E-state index is 13.2. The van der Waals surface area contributed by atoms with Crippen LogP contribution in [0.5, 0.6) is 0 Å². The third-order valence-corrected chi connectivity index (χ3v) is 8.09. The van der Waals surface area contributed by atoms with Crippen LogP contribution in [-0.4, -0.2) is 96.9 Å². The van der Waals surface area contributed by atoms with E-state index in [4.69, 9.17) is 5.73 Å². The van der Waals surface area contributed by atoms with E-state index in [1.54, 1.807) is 48.3 Å². The lowest BCUT2D eigenvalue weighted by Gasteiger charge is -2.64. The first-order chi connectivity index (χ1) is 18.1. The zero-order chi connectivity index (χ0) is 27.7. The summed E-state index contributed by atoms with van der Waals surface area (Å²) in [4.78, 5) is 50.7. The number of aromatic nitrogens is 2. The van der Waals surface area contributed by atoms with Gasteiger partial charge in [-0.2, -0.15) is 0 Å². The van der Waals surface area contributed by atoms with Gasteiger partial charge in [0, 0.05) is 25.5 Å². The Labute approximate surface area is 219 Å². The van der Waals surface area contributed by atoms with Crippen molar-refractivity contribution in [2.24, 2.45) is 16.6 Å². The molecular weight excluding hydrogens is 494 g/mol. The Hall–Kier alpha value is -3.45. The summed E-state index contributed by atoms with van der Waals surface area (Å²) in [6.07, 6.45) is 2.26. The average molecular weight is 528 g/mol. The van der Waals surface area contributed by atoms with Crippen molar-refractivity contribution < 1.29 is 34.8 Å². The Bertz CT molecular complexity index is 1090. The van der Waals surface area contributed by atoms with E-state index in [9.17, 15) is 34.8 Å². The minimum atomic E-state index is -2.12. The molecule has 2 bridgehead atoms. The van der Waals surface area contributed by atoms with Crippen LogP contribution >= 0.6 is 0 Å². The van der Waals surface area contributed by atoms with Crippen LogP contribution in [-0.2, 0) is 14.4 Å². The van der Waals surface area contributed by atoms with Crippen LogP contribution in [0.1, 0.15) is 42.7 Å². The zero-order valence-electron chi connectivity index (χ0n) is 21.1. The van der Waals surface area contributed by atoms with Crippen molar-refractivity contribution in [2.45, 2.75) is 43.5 Å². The largest absolute Gasteiger partial charge is 0.481 e. The van der Waals surface area contributed by atoms with Gasteiger partial charge < -0.3 is 26.2 Å². The topological polar surface area (TPSA) is 190 Å². The van der Waals surface area contributed by atoms with Crippen molar-refractivity contribution in [3.8, 4) is 0 Å². The molecule has 2 aromatic rings. The normalized spacial score (nSPS) is 30.4. The van der Waals surface area contributed by atoms with E-state index in [2.05, 4.69) is 9.97 Å². The van der Waals surface area contributed by atoms with Crippen molar-refractivity contribution in [3.63, 3.8) is 0 Å². The summed E-state index contributed by atoms with van der Waals surface area (Å²) in [6, 6.07) is 6.56.